The zero-order chi connectivity index (χ0) is 27.0. The Balaban J connectivity index is 0.000000364. The predicted molar refractivity (Wildman–Crippen MR) is 158 cm³/mol. The first-order chi connectivity index (χ1) is 17.6. The molecule has 1 aromatic heterocycles. The molecule has 0 aliphatic carbocycles. The van der Waals surface area contributed by atoms with Crippen LogP contribution in [0.15, 0.2) is 70.7 Å². The number of fused-ring (bicyclic) bond motifs is 1. The second-order valence-corrected chi connectivity index (χ2v) is 13.2. The van der Waals surface area contributed by atoms with Crippen LogP contribution in [0.1, 0.15) is 47.5 Å². The lowest BCUT2D eigenvalue weighted by Gasteiger charge is -2.31. The number of anilines is 1. The molecule has 1 aliphatic rings. The van der Waals surface area contributed by atoms with Gasteiger partial charge in [0, 0.05) is 64.5 Å². The minimum atomic E-state index is -3.11. The molecule has 1 fully saturated rings. The molecule has 0 amide bonds. The van der Waals surface area contributed by atoms with E-state index in [4.69, 9.17) is 0 Å². The molecule has 6 nitrogen and oxygen atoms in total. The molecule has 0 saturated carbocycles. The first-order valence-corrected chi connectivity index (χ1v) is 15.8. The summed E-state index contributed by atoms with van der Waals surface area (Å²) >= 11 is 1.73. The van der Waals surface area contributed by atoms with Crippen LogP contribution in [0.3, 0.4) is 0 Å². The minimum absolute atomic E-state index is 0.249. The fourth-order valence-corrected chi connectivity index (χ4v) is 6.65. The number of nitrogens with one attached hydrogen (secondary N) is 1. The van der Waals surface area contributed by atoms with E-state index in [-0.39, 0.29) is 6.04 Å². The Morgan fingerprint density at radius 3 is 2.22 bits per heavy atom. The van der Waals surface area contributed by atoms with Crippen LogP contribution in [0, 0.1) is 0 Å². The van der Waals surface area contributed by atoms with Gasteiger partial charge in [0.25, 0.3) is 0 Å². The number of nitrogens with zero attached hydrogens (tertiary/aromatic N) is 3. The summed E-state index contributed by atoms with van der Waals surface area (Å²) in [5, 5.41) is 5.88. The van der Waals surface area contributed by atoms with Gasteiger partial charge >= 0.3 is 0 Å². The van der Waals surface area contributed by atoms with Crippen LogP contribution in [0.4, 0.5) is 5.69 Å². The molecule has 8 heteroatoms. The maximum absolute atomic E-state index is 11.7. The van der Waals surface area contributed by atoms with Gasteiger partial charge in [-0.25, -0.2) is 12.7 Å². The number of hydrogen-bond acceptors (Lipinski definition) is 6. The molecule has 37 heavy (non-hydrogen) atoms. The van der Waals surface area contributed by atoms with Gasteiger partial charge in [0.15, 0.2) is 0 Å². The first kappa shape index (κ1) is 29.4. The standard InChI is InChI=1S/C21H23N3O2S2.C8H19N/c1-28(25,26)24-11-8-17(9-12-24)23-21-14-19(27-18-5-3-2-4-6-18)13-16-7-10-22-15-20(16)21;1-6-9(7(2)3)8(4)5/h2-7,10,13-15,17,23H,8-9,11-12H2,1H3;7-8H,6H2,1-5H3. The molecule has 202 valence electrons. The fourth-order valence-electron chi connectivity index (χ4n) is 4.85. The van der Waals surface area contributed by atoms with Crippen LogP contribution in [0.25, 0.3) is 10.8 Å². The smallest absolute Gasteiger partial charge is 0.211 e. The van der Waals surface area contributed by atoms with Gasteiger partial charge in [0.2, 0.25) is 10.0 Å². The van der Waals surface area contributed by atoms with Gasteiger partial charge in [-0.1, -0.05) is 36.9 Å². The summed E-state index contributed by atoms with van der Waals surface area (Å²) in [6.07, 6.45) is 6.58. The van der Waals surface area contributed by atoms with E-state index in [9.17, 15) is 8.42 Å². The summed E-state index contributed by atoms with van der Waals surface area (Å²) in [4.78, 5) is 9.11. The number of benzene rings is 2. The molecule has 1 aliphatic heterocycles. The Bertz CT molecular complexity index is 1220. The normalized spacial score (nSPS) is 15.3. The Labute approximate surface area is 227 Å². The van der Waals surface area contributed by atoms with Crippen molar-refractivity contribution in [2.45, 2.75) is 75.4 Å². The highest BCUT2D eigenvalue weighted by Gasteiger charge is 2.25. The molecule has 0 spiro atoms. The highest BCUT2D eigenvalue weighted by atomic mass is 32.2. The molecule has 2 aromatic carbocycles. The second kappa shape index (κ2) is 13.6. The lowest BCUT2D eigenvalue weighted by molar-refractivity contribution is 0.185. The van der Waals surface area contributed by atoms with Crippen molar-refractivity contribution in [1.29, 1.82) is 0 Å². The van der Waals surface area contributed by atoms with Crippen LogP contribution in [0.2, 0.25) is 0 Å². The van der Waals surface area contributed by atoms with Crippen LogP contribution in [-0.2, 0) is 10.0 Å². The number of pyridine rings is 1. The number of rotatable bonds is 8. The Morgan fingerprint density at radius 2 is 1.68 bits per heavy atom. The molecular weight excluding hydrogens is 500 g/mol. The maximum atomic E-state index is 11.7. The molecule has 0 bridgehead atoms. The monoisotopic (exact) mass is 542 g/mol. The van der Waals surface area contributed by atoms with Crippen molar-refractivity contribution in [3.63, 3.8) is 0 Å². The van der Waals surface area contributed by atoms with E-state index in [0.717, 1.165) is 35.8 Å². The molecule has 3 aromatic rings. The third-order valence-electron chi connectivity index (χ3n) is 6.68. The van der Waals surface area contributed by atoms with Crippen LogP contribution in [-0.4, -0.2) is 66.6 Å². The van der Waals surface area contributed by atoms with Gasteiger partial charge in [-0.15, -0.1) is 0 Å². The number of hydrogen-bond donors (Lipinski definition) is 1. The van der Waals surface area contributed by atoms with E-state index >= 15 is 0 Å². The van der Waals surface area contributed by atoms with Crippen molar-refractivity contribution in [2.75, 3.05) is 31.2 Å². The van der Waals surface area contributed by atoms with E-state index < -0.39 is 10.0 Å². The highest BCUT2D eigenvalue weighted by Crippen LogP contribution is 2.35. The van der Waals surface area contributed by atoms with Gasteiger partial charge in [0.05, 0.1) is 6.26 Å². The average molecular weight is 543 g/mol. The first-order valence-electron chi connectivity index (χ1n) is 13.2. The summed E-state index contributed by atoms with van der Waals surface area (Å²) in [7, 11) is -3.11. The van der Waals surface area contributed by atoms with Gasteiger partial charge < -0.3 is 5.32 Å². The zero-order valence-electron chi connectivity index (χ0n) is 23.0. The molecule has 1 saturated heterocycles. The summed E-state index contributed by atoms with van der Waals surface area (Å²) in [5.74, 6) is 0. The van der Waals surface area contributed by atoms with Gasteiger partial charge in [-0.2, -0.15) is 0 Å². The molecular formula is C29H42N4O2S2. The van der Waals surface area contributed by atoms with Crippen molar-refractivity contribution in [3.05, 3.63) is 60.9 Å². The molecule has 1 N–H and O–H groups in total. The van der Waals surface area contributed by atoms with Crippen LogP contribution >= 0.6 is 11.8 Å². The Morgan fingerprint density at radius 1 is 1.03 bits per heavy atom. The zero-order valence-corrected chi connectivity index (χ0v) is 24.6. The van der Waals surface area contributed by atoms with E-state index in [2.05, 4.69) is 74.1 Å². The van der Waals surface area contributed by atoms with E-state index in [0.29, 0.717) is 25.2 Å². The van der Waals surface area contributed by atoms with Crippen molar-refractivity contribution >= 4 is 38.2 Å². The number of aromatic nitrogens is 1. The molecule has 0 atom stereocenters. The summed E-state index contributed by atoms with van der Waals surface area (Å²) < 4.78 is 25.0. The molecule has 4 rings (SSSR count). The SMILES string of the molecule is CCN(C(C)C)C(C)C.CS(=O)(=O)N1CCC(Nc2cc(Sc3ccccc3)cc3ccncc23)CC1. The highest BCUT2D eigenvalue weighted by molar-refractivity contribution is 7.99. The van der Waals surface area contributed by atoms with E-state index in [1.165, 1.54) is 16.0 Å². The van der Waals surface area contributed by atoms with Crippen LogP contribution < -0.4 is 5.32 Å². The van der Waals surface area contributed by atoms with Gasteiger partial charge in [0.1, 0.15) is 0 Å². The summed E-state index contributed by atoms with van der Waals surface area (Å²) in [6.45, 7) is 13.5. The van der Waals surface area contributed by atoms with Gasteiger partial charge in [-0.05, 0) is 82.8 Å². The fraction of sp³-hybridized carbons (Fsp3) is 0.483. The summed E-state index contributed by atoms with van der Waals surface area (Å²) in [6, 6.07) is 18.3. The molecule has 0 unspecified atom stereocenters. The van der Waals surface area contributed by atoms with Crippen molar-refractivity contribution < 1.29 is 8.42 Å². The van der Waals surface area contributed by atoms with Crippen molar-refractivity contribution in [2.24, 2.45) is 0 Å². The van der Waals surface area contributed by atoms with Crippen molar-refractivity contribution in [3.8, 4) is 0 Å². The lowest BCUT2D eigenvalue weighted by Crippen LogP contribution is -2.41. The third-order valence-corrected chi connectivity index (χ3v) is 8.96. The van der Waals surface area contributed by atoms with E-state index in [1.807, 2.05) is 36.7 Å². The average Bonchev–Trinajstić information content (AvgIpc) is 2.85. The van der Waals surface area contributed by atoms with E-state index in [1.54, 1.807) is 16.1 Å². The van der Waals surface area contributed by atoms with Crippen molar-refractivity contribution in [1.82, 2.24) is 14.2 Å². The minimum Gasteiger partial charge on any atom is -0.382 e. The predicted octanol–water partition coefficient (Wildman–Crippen LogP) is 6.35. The van der Waals surface area contributed by atoms with Gasteiger partial charge in [-0.3, -0.25) is 9.88 Å². The number of piperidine rings is 1. The number of sulfonamides is 1. The van der Waals surface area contributed by atoms with Crippen LogP contribution in [0.5, 0.6) is 0 Å². The maximum Gasteiger partial charge on any atom is 0.211 e. The summed E-state index contributed by atoms with van der Waals surface area (Å²) in [5.41, 5.74) is 1.06. The Hall–Kier alpha value is -2.13. The molecule has 0 radical (unpaired) electrons. The second-order valence-electron chi connectivity index (χ2n) is 10.1. The topological polar surface area (TPSA) is 65.5 Å². The third kappa shape index (κ3) is 8.70. The lowest BCUT2D eigenvalue weighted by atomic mass is 10.0. The quantitative estimate of drug-likeness (QED) is 0.358. The molecule has 2 heterocycles. The Kier molecular flexibility index (Phi) is 10.8. The largest absolute Gasteiger partial charge is 0.382 e.